The maximum atomic E-state index is 12.0. The molecular weight excluding hydrogens is 228 g/mol. The molecule has 0 spiro atoms. The lowest BCUT2D eigenvalue weighted by Gasteiger charge is -2.09. The molecule has 0 bridgehead atoms. The van der Waals surface area contributed by atoms with E-state index in [-0.39, 0.29) is 17.6 Å². The smallest absolute Gasteiger partial charge is 0.158 e. The molecule has 102 valence electrons. The summed E-state index contributed by atoms with van der Waals surface area (Å²) in [5, 5.41) is 0. The van der Waals surface area contributed by atoms with Gasteiger partial charge in [-0.25, -0.2) is 0 Å². The van der Waals surface area contributed by atoms with E-state index in [0.717, 1.165) is 6.42 Å². The number of allylic oxidation sites excluding steroid dienone is 1. The number of ketones is 2. The van der Waals surface area contributed by atoms with Gasteiger partial charge in [0.1, 0.15) is 5.78 Å². The van der Waals surface area contributed by atoms with E-state index < -0.39 is 0 Å². The van der Waals surface area contributed by atoms with Crippen LogP contribution in [0, 0.1) is 17.8 Å². The van der Waals surface area contributed by atoms with Crippen LogP contribution in [0.2, 0.25) is 0 Å². The average molecular weight is 252 g/mol. The Morgan fingerprint density at radius 3 is 2.61 bits per heavy atom. The molecule has 0 heterocycles. The van der Waals surface area contributed by atoms with Crippen molar-refractivity contribution in [2.75, 3.05) is 13.2 Å². The van der Waals surface area contributed by atoms with Crippen LogP contribution in [0.5, 0.6) is 0 Å². The van der Waals surface area contributed by atoms with Gasteiger partial charge in [0, 0.05) is 25.4 Å². The lowest BCUT2D eigenvalue weighted by molar-refractivity contribution is -0.122. The van der Waals surface area contributed by atoms with Gasteiger partial charge in [-0.1, -0.05) is 13.5 Å². The summed E-state index contributed by atoms with van der Waals surface area (Å²) in [6.07, 6.45) is 1.90. The van der Waals surface area contributed by atoms with Gasteiger partial charge in [0.25, 0.3) is 0 Å². The Morgan fingerprint density at radius 1 is 1.39 bits per heavy atom. The zero-order chi connectivity index (χ0) is 13.7. The Morgan fingerprint density at radius 2 is 2.06 bits per heavy atom. The number of hydrogen-bond acceptors (Lipinski definition) is 3. The standard InChI is InChI=1S/C15H24O3/c1-5-18-9-12-8-13(12)15(17)7-11(4)6-14(16)10(2)3/h11-13H,2,5-9H2,1,3-4H3/t11?,12-,13?/m1/s1. The molecule has 18 heavy (non-hydrogen) atoms. The number of Topliss-reactive ketones (excluding diaryl/α,β-unsaturated/α-hetero) is 2. The molecule has 0 aromatic carbocycles. The second kappa shape index (κ2) is 6.83. The topological polar surface area (TPSA) is 43.4 Å². The van der Waals surface area contributed by atoms with Crippen LogP contribution >= 0.6 is 0 Å². The third-order valence-electron chi connectivity index (χ3n) is 3.43. The van der Waals surface area contributed by atoms with Crippen molar-refractivity contribution in [3.63, 3.8) is 0 Å². The molecule has 1 saturated carbocycles. The van der Waals surface area contributed by atoms with Crippen LogP contribution in [0.15, 0.2) is 12.2 Å². The van der Waals surface area contributed by atoms with Crippen molar-refractivity contribution in [2.24, 2.45) is 17.8 Å². The second-order valence-corrected chi connectivity index (χ2v) is 5.44. The van der Waals surface area contributed by atoms with Gasteiger partial charge in [0.2, 0.25) is 0 Å². The van der Waals surface area contributed by atoms with E-state index in [9.17, 15) is 9.59 Å². The fraction of sp³-hybridized carbons (Fsp3) is 0.733. The Kier molecular flexibility index (Phi) is 5.73. The average Bonchev–Trinajstić information content (AvgIpc) is 3.05. The Balaban J connectivity index is 2.25. The lowest BCUT2D eigenvalue weighted by atomic mass is 9.94. The van der Waals surface area contributed by atoms with Gasteiger partial charge in [0.05, 0.1) is 6.61 Å². The van der Waals surface area contributed by atoms with Crippen molar-refractivity contribution in [1.29, 1.82) is 0 Å². The number of carbonyl (C=O) groups excluding carboxylic acids is 2. The van der Waals surface area contributed by atoms with Crippen LogP contribution in [-0.4, -0.2) is 24.8 Å². The zero-order valence-corrected chi connectivity index (χ0v) is 11.7. The summed E-state index contributed by atoms with van der Waals surface area (Å²) in [6, 6.07) is 0. The lowest BCUT2D eigenvalue weighted by Crippen LogP contribution is -2.13. The minimum absolute atomic E-state index is 0.0666. The molecule has 3 nitrogen and oxygen atoms in total. The summed E-state index contributed by atoms with van der Waals surface area (Å²) in [6.45, 7) is 10.7. The molecule has 2 unspecified atom stereocenters. The van der Waals surface area contributed by atoms with Crippen LogP contribution in [-0.2, 0) is 14.3 Å². The minimum atomic E-state index is 0.0666. The Bertz CT molecular complexity index is 333. The minimum Gasteiger partial charge on any atom is -0.381 e. The van der Waals surface area contributed by atoms with E-state index in [1.165, 1.54) is 0 Å². The fourth-order valence-corrected chi connectivity index (χ4v) is 2.15. The van der Waals surface area contributed by atoms with E-state index in [0.29, 0.717) is 43.3 Å². The highest BCUT2D eigenvalue weighted by atomic mass is 16.5. The normalized spacial score (nSPS) is 23.5. The van der Waals surface area contributed by atoms with Gasteiger partial charge >= 0.3 is 0 Å². The number of rotatable bonds is 9. The third-order valence-corrected chi connectivity index (χ3v) is 3.43. The summed E-state index contributed by atoms with van der Waals surface area (Å²) < 4.78 is 5.32. The Hall–Kier alpha value is -0.960. The van der Waals surface area contributed by atoms with Crippen molar-refractivity contribution in [3.8, 4) is 0 Å². The van der Waals surface area contributed by atoms with Gasteiger partial charge in [-0.3, -0.25) is 9.59 Å². The SMILES string of the molecule is C=C(C)C(=O)CC(C)CC(=O)C1C[C@@H]1COCC. The molecule has 3 heteroatoms. The molecule has 0 aromatic heterocycles. The van der Waals surface area contributed by atoms with E-state index >= 15 is 0 Å². The first-order valence-electron chi connectivity index (χ1n) is 6.74. The van der Waals surface area contributed by atoms with Gasteiger partial charge in [0.15, 0.2) is 5.78 Å². The van der Waals surface area contributed by atoms with Crippen molar-refractivity contribution >= 4 is 11.6 Å². The van der Waals surface area contributed by atoms with Crippen molar-refractivity contribution < 1.29 is 14.3 Å². The molecule has 1 fully saturated rings. The maximum absolute atomic E-state index is 12.0. The summed E-state index contributed by atoms with van der Waals surface area (Å²) in [4.78, 5) is 23.4. The van der Waals surface area contributed by atoms with Gasteiger partial charge < -0.3 is 4.74 Å². The Labute approximate surface area is 110 Å². The first-order chi connectivity index (χ1) is 8.45. The summed E-state index contributed by atoms with van der Waals surface area (Å²) in [5.41, 5.74) is 0.579. The maximum Gasteiger partial charge on any atom is 0.158 e. The summed E-state index contributed by atoms with van der Waals surface area (Å²) >= 11 is 0. The van der Waals surface area contributed by atoms with Crippen molar-refractivity contribution in [2.45, 2.75) is 40.0 Å². The van der Waals surface area contributed by atoms with Crippen LogP contribution in [0.4, 0.5) is 0 Å². The summed E-state index contributed by atoms with van der Waals surface area (Å²) in [7, 11) is 0. The van der Waals surface area contributed by atoms with Crippen LogP contribution in [0.3, 0.4) is 0 Å². The molecule has 0 aromatic rings. The van der Waals surface area contributed by atoms with E-state index in [1.807, 2.05) is 13.8 Å². The van der Waals surface area contributed by atoms with Crippen molar-refractivity contribution in [3.05, 3.63) is 12.2 Å². The van der Waals surface area contributed by atoms with Gasteiger partial charge in [-0.15, -0.1) is 0 Å². The molecule has 3 atom stereocenters. The predicted molar refractivity (Wildman–Crippen MR) is 71.3 cm³/mol. The highest BCUT2D eigenvalue weighted by Gasteiger charge is 2.42. The number of carbonyl (C=O) groups is 2. The second-order valence-electron chi connectivity index (χ2n) is 5.44. The quantitative estimate of drug-likeness (QED) is 0.593. The number of hydrogen-bond donors (Lipinski definition) is 0. The molecule has 0 N–H and O–H groups in total. The van der Waals surface area contributed by atoms with Crippen LogP contribution in [0.25, 0.3) is 0 Å². The first kappa shape index (κ1) is 15.1. The van der Waals surface area contributed by atoms with E-state index in [2.05, 4.69) is 6.58 Å². The van der Waals surface area contributed by atoms with Crippen LogP contribution < -0.4 is 0 Å². The van der Waals surface area contributed by atoms with Gasteiger partial charge in [-0.05, 0) is 37.7 Å². The molecule has 0 aliphatic heterocycles. The van der Waals surface area contributed by atoms with Crippen molar-refractivity contribution in [1.82, 2.24) is 0 Å². The first-order valence-corrected chi connectivity index (χ1v) is 6.74. The largest absolute Gasteiger partial charge is 0.381 e. The molecule has 0 radical (unpaired) electrons. The van der Waals surface area contributed by atoms with Gasteiger partial charge in [-0.2, -0.15) is 0 Å². The fourth-order valence-electron chi connectivity index (χ4n) is 2.15. The van der Waals surface area contributed by atoms with Crippen LogP contribution in [0.1, 0.15) is 40.0 Å². The monoisotopic (exact) mass is 252 g/mol. The molecule has 1 aliphatic carbocycles. The molecule has 0 amide bonds. The summed E-state index contributed by atoms with van der Waals surface area (Å²) in [5.74, 6) is 1.08. The highest BCUT2D eigenvalue weighted by molar-refractivity contribution is 5.94. The molecule has 1 rings (SSSR count). The molecular formula is C15H24O3. The predicted octanol–water partition coefficient (Wildman–Crippen LogP) is 2.79. The molecule has 1 aliphatic rings. The van der Waals surface area contributed by atoms with E-state index in [4.69, 9.17) is 4.74 Å². The molecule has 0 saturated heterocycles. The zero-order valence-electron chi connectivity index (χ0n) is 11.7. The highest BCUT2D eigenvalue weighted by Crippen LogP contribution is 2.40. The third kappa shape index (κ3) is 4.73. The van der Waals surface area contributed by atoms with E-state index in [1.54, 1.807) is 6.92 Å². The number of ether oxygens (including phenoxy) is 1.